The second-order valence-corrected chi connectivity index (χ2v) is 15.8. The SMILES string of the molecule is Cc1nc(Nc2ncc(C(=O)Nc3c(C)cccc3Cl)s2)cc(N2CCN(C(=O)CCCCCC(=O)Nc3cccc4c3C(=O)N(C3CCC(=O)NC3=O)C4=O)CC2)n1. The van der Waals surface area contributed by atoms with Gasteiger partial charge in [-0.3, -0.25) is 43.8 Å². The van der Waals surface area contributed by atoms with Crippen LogP contribution in [0.1, 0.15) is 86.7 Å². The Hall–Kier alpha value is -6.27. The molecule has 2 aromatic carbocycles. The van der Waals surface area contributed by atoms with Gasteiger partial charge in [-0.1, -0.05) is 47.6 Å². The van der Waals surface area contributed by atoms with Crippen molar-refractivity contribution in [3.8, 4) is 0 Å². The Labute approximate surface area is 347 Å². The first kappa shape index (κ1) is 40.9. The number of nitrogens with one attached hydrogen (secondary N) is 4. The molecule has 2 aromatic heterocycles. The lowest BCUT2D eigenvalue weighted by Crippen LogP contribution is -2.54. The lowest BCUT2D eigenvalue weighted by Gasteiger charge is -2.35. The van der Waals surface area contributed by atoms with Crippen LogP contribution >= 0.6 is 22.9 Å². The number of hydrogen-bond donors (Lipinski definition) is 4. The second-order valence-electron chi connectivity index (χ2n) is 14.4. The van der Waals surface area contributed by atoms with Gasteiger partial charge in [0.2, 0.25) is 23.6 Å². The number of piperidine rings is 1. The molecule has 0 bridgehead atoms. The van der Waals surface area contributed by atoms with Crippen LogP contribution in [0, 0.1) is 13.8 Å². The summed E-state index contributed by atoms with van der Waals surface area (Å²) in [5.41, 5.74) is 1.68. The van der Waals surface area contributed by atoms with Crippen molar-refractivity contribution in [3.63, 3.8) is 0 Å². The predicted octanol–water partition coefficient (Wildman–Crippen LogP) is 4.84. The van der Waals surface area contributed by atoms with E-state index in [1.165, 1.54) is 29.7 Å². The van der Waals surface area contributed by atoms with E-state index in [2.05, 4.69) is 41.1 Å². The van der Waals surface area contributed by atoms with E-state index in [0.29, 0.717) is 90.0 Å². The number of amides is 7. The Morgan fingerprint density at radius 2 is 1.68 bits per heavy atom. The highest BCUT2D eigenvalue weighted by Crippen LogP contribution is 2.33. The molecule has 306 valence electrons. The molecule has 4 aromatic rings. The van der Waals surface area contributed by atoms with Gasteiger partial charge in [0.1, 0.15) is 28.4 Å². The number of rotatable bonds is 13. The number of unbranched alkanes of at least 4 members (excludes halogenated alkanes) is 2. The zero-order valence-electron chi connectivity index (χ0n) is 32.3. The molecule has 3 aliphatic rings. The van der Waals surface area contributed by atoms with Crippen LogP contribution in [0.3, 0.4) is 0 Å². The molecule has 3 aliphatic heterocycles. The second kappa shape index (κ2) is 17.7. The Morgan fingerprint density at radius 1 is 0.915 bits per heavy atom. The van der Waals surface area contributed by atoms with Crippen molar-refractivity contribution >= 4 is 92.4 Å². The third-order valence-electron chi connectivity index (χ3n) is 10.2. The molecule has 0 aliphatic carbocycles. The number of anilines is 5. The van der Waals surface area contributed by atoms with Gasteiger partial charge in [-0.2, -0.15) is 0 Å². The minimum Gasteiger partial charge on any atom is -0.353 e. The van der Waals surface area contributed by atoms with Gasteiger partial charge in [0.05, 0.1) is 33.7 Å². The summed E-state index contributed by atoms with van der Waals surface area (Å²) in [5, 5.41) is 11.9. The fourth-order valence-corrected chi connectivity index (χ4v) is 8.19. The van der Waals surface area contributed by atoms with Crippen LogP contribution in [0.2, 0.25) is 5.02 Å². The molecule has 2 saturated heterocycles. The van der Waals surface area contributed by atoms with Crippen LogP contribution < -0.4 is 26.2 Å². The third-order valence-corrected chi connectivity index (χ3v) is 11.5. The fourth-order valence-electron chi connectivity index (χ4n) is 7.20. The lowest BCUT2D eigenvalue weighted by molar-refractivity contribution is -0.136. The quantitative estimate of drug-likeness (QED) is 0.105. The number of piperazine rings is 1. The molecule has 7 amide bonds. The van der Waals surface area contributed by atoms with E-state index in [9.17, 15) is 33.6 Å². The van der Waals surface area contributed by atoms with Crippen molar-refractivity contribution in [2.24, 2.45) is 0 Å². The van der Waals surface area contributed by atoms with Gasteiger partial charge in [0, 0.05) is 51.5 Å². The molecule has 59 heavy (non-hydrogen) atoms. The van der Waals surface area contributed by atoms with Crippen molar-refractivity contribution in [3.05, 3.63) is 81.1 Å². The molecule has 0 spiro atoms. The number of carbonyl (C=O) groups excluding carboxylic acids is 7. The fraction of sp³-hybridized carbons (Fsp3) is 0.350. The minimum atomic E-state index is -1.10. The zero-order chi connectivity index (χ0) is 41.8. The summed E-state index contributed by atoms with van der Waals surface area (Å²) in [6, 6.07) is 10.7. The highest BCUT2D eigenvalue weighted by Gasteiger charge is 2.45. The number of aromatic nitrogens is 3. The molecular weight excluding hydrogens is 800 g/mol. The smallest absolute Gasteiger partial charge is 0.267 e. The molecule has 1 atom stereocenters. The molecule has 0 radical (unpaired) electrons. The van der Waals surface area contributed by atoms with Crippen LogP contribution in [0.15, 0.2) is 48.7 Å². The van der Waals surface area contributed by atoms with Crippen LogP contribution in [-0.2, 0) is 19.2 Å². The van der Waals surface area contributed by atoms with E-state index in [1.54, 1.807) is 19.1 Å². The van der Waals surface area contributed by atoms with E-state index >= 15 is 0 Å². The van der Waals surface area contributed by atoms with Gasteiger partial charge in [-0.15, -0.1) is 0 Å². The van der Waals surface area contributed by atoms with E-state index in [1.807, 2.05) is 30.0 Å². The van der Waals surface area contributed by atoms with Gasteiger partial charge >= 0.3 is 0 Å². The third kappa shape index (κ3) is 9.23. The molecule has 1 unspecified atom stereocenters. The molecule has 0 saturated carbocycles. The highest BCUT2D eigenvalue weighted by atomic mass is 35.5. The normalized spacial score (nSPS) is 16.5. The van der Waals surface area contributed by atoms with E-state index in [0.717, 1.165) is 10.5 Å². The number of hydrogen-bond acceptors (Lipinski definition) is 13. The van der Waals surface area contributed by atoms with E-state index in [4.69, 9.17) is 11.6 Å². The maximum Gasteiger partial charge on any atom is 0.267 e. The van der Waals surface area contributed by atoms with Gasteiger partial charge < -0.3 is 25.8 Å². The predicted molar refractivity (Wildman–Crippen MR) is 220 cm³/mol. The molecule has 19 heteroatoms. The average molecular weight is 841 g/mol. The first-order valence-corrected chi connectivity index (χ1v) is 20.4. The van der Waals surface area contributed by atoms with E-state index in [-0.39, 0.29) is 53.8 Å². The monoisotopic (exact) mass is 840 g/mol. The number of carbonyl (C=O) groups is 7. The first-order chi connectivity index (χ1) is 28.4. The van der Waals surface area contributed by atoms with Crippen LogP contribution in [-0.4, -0.2) is 98.3 Å². The summed E-state index contributed by atoms with van der Waals surface area (Å²) in [5.74, 6) is -1.37. The van der Waals surface area contributed by atoms with Crippen molar-refractivity contribution in [1.82, 2.24) is 30.1 Å². The first-order valence-electron chi connectivity index (χ1n) is 19.2. The van der Waals surface area contributed by atoms with Crippen LogP contribution in [0.25, 0.3) is 0 Å². The lowest BCUT2D eigenvalue weighted by atomic mass is 10.0. The average Bonchev–Trinajstić information content (AvgIpc) is 3.77. The zero-order valence-corrected chi connectivity index (χ0v) is 33.9. The Bertz CT molecular complexity index is 2340. The van der Waals surface area contributed by atoms with Crippen LogP contribution in [0.5, 0.6) is 0 Å². The van der Waals surface area contributed by atoms with E-state index < -0.39 is 29.7 Å². The number of halogens is 1. The standard InChI is InChI=1S/C40H41ClN10O7S/c1-22-8-6-10-25(41)35(22)48-37(56)28-21-42-40(59-28)46-29-20-30(44-23(2)43-29)49-16-18-50(19-17-49)33(54)13-5-3-4-12-31(52)45-26-11-7-9-24-34(26)39(58)51(38(24)57)27-14-15-32(53)47-36(27)55/h6-11,20-21,27H,3-5,12-19H2,1-2H3,(H,45,52)(H,48,56)(H,47,53,55)(H,42,43,44,46). The van der Waals surface area contributed by atoms with Crippen molar-refractivity contribution in [1.29, 1.82) is 0 Å². The number of fused-ring (bicyclic) bond motifs is 1. The Kier molecular flexibility index (Phi) is 12.3. The van der Waals surface area contributed by atoms with Crippen LogP contribution in [0.4, 0.5) is 28.1 Å². The maximum atomic E-state index is 13.3. The topological polar surface area (TPSA) is 216 Å². The van der Waals surface area contributed by atoms with Gasteiger partial charge in [-0.25, -0.2) is 15.0 Å². The Balaban J connectivity index is 0.836. The van der Waals surface area contributed by atoms with Crippen molar-refractivity contribution < 1.29 is 33.6 Å². The van der Waals surface area contributed by atoms with Gasteiger partial charge in [0.25, 0.3) is 17.7 Å². The summed E-state index contributed by atoms with van der Waals surface area (Å²) in [6.45, 7) is 5.85. The van der Waals surface area contributed by atoms with Gasteiger partial charge in [0.15, 0.2) is 5.13 Å². The number of imide groups is 2. The van der Waals surface area contributed by atoms with Crippen molar-refractivity contribution in [2.75, 3.05) is 47.0 Å². The summed E-state index contributed by atoms with van der Waals surface area (Å²) in [4.78, 5) is 108. The molecule has 2 fully saturated rings. The molecular formula is C40H41ClN10O7S. The van der Waals surface area contributed by atoms with Gasteiger partial charge in [-0.05, 0) is 56.9 Å². The molecule has 5 heterocycles. The number of aryl methyl sites for hydroxylation is 2. The molecule has 4 N–H and O–H groups in total. The summed E-state index contributed by atoms with van der Waals surface area (Å²) < 4.78 is 0. The Morgan fingerprint density at radius 3 is 2.44 bits per heavy atom. The number of thiazole rings is 1. The maximum absolute atomic E-state index is 13.3. The largest absolute Gasteiger partial charge is 0.353 e. The number of para-hydroxylation sites is 1. The summed E-state index contributed by atoms with van der Waals surface area (Å²) in [7, 11) is 0. The number of nitrogens with zero attached hydrogens (tertiary/aromatic N) is 6. The minimum absolute atomic E-state index is 0.00796. The number of benzene rings is 2. The van der Waals surface area contributed by atoms with Crippen molar-refractivity contribution in [2.45, 2.75) is 64.8 Å². The summed E-state index contributed by atoms with van der Waals surface area (Å²) >= 11 is 7.46. The molecule has 7 rings (SSSR count). The molecule has 17 nitrogen and oxygen atoms in total. The summed E-state index contributed by atoms with van der Waals surface area (Å²) in [6.07, 6.45) is 3.76. The highest BCUT2D eigenvalue weighted by molar-refractivity contribution is 7.17.